The molecule has 0 spiro atoms. The molecule has 0 aliphatic carbocycles. The lowest BCUT2D eigenvalue weighted by molar-refractivity contribution is 0.279. The third-order valence-corrected chi connectivity index (χ3v) is 3.05. The van der Waals surface area contributed by atoms with E-state index in [0.29, 0.717) is 22.7 Å². The summed E-state index contributed by atoms with van der Waals surface area (Å²) in [4.78, 5) is 8.39. The molecule has 0 radical (unpaired) electrons. The molecule has 5 heteroatoms. The molecule has 2 rings (SSSR count). The van der Waals surface area contributed by atoms with E-state index in [1.807, 2.05) is 26.0 Å². The van der Waals surface area contributed by atoms with E-state index in [4.69, 9.17) is 27.9 Å². The van der Waals surface area contributed by atoms with E-state index in [9.17, 15) is 0 Å². The number of nitrogens with zero attached hydrogens (tertiary/aromatic N) is 2. The van der Waals surface area contributed by atoms with Gasteiger partial charge in [0.1, 0.15) is 6.61 Å². The van der Waals surface area contributed by atoms with Crippen molar-refractivity contribution in [1.29, 1.82) is 0 Å². The Balaban J connectivity index is 2.08. The first kappa shape index (κ1) is 13.1. The van der Waals surface area contributed by atoms with Crippen molar-refractivity contribution in [2.45, 2.75) is 20.5 Å². The lowest BCUT2D eigenvalue weighted by Gasteiger charge is -2.06. The van der Waals surface area contributed by atoms with Crippen LogP contribution in [-0.4, -0.2) is 9.97 Å². The third-order valence-electron chi connectivity index (χ3n) is 2.31. The van der Waals surface area contributed by atoms with Crippen LogP contribution in [-0.2, 0) is 6.61 Å². The highest BCUT2D eigenvalue weighted by Gasteiger charge is 2.03. The molecule has 18 heavy (non-hydrogen) atoms. The summed E-state index contributed by atoms with van der Waals surface area (Å²) in [5, 5.41) is 1.04. The molecule has 0 aliphatic heterocycles. The Morgan fingerprint density at radius 2 is 1.67 bits per heavy atom. The summed E-state index contributed by atoms with van der Waals surface area (Å²) >= 11 is 11.8. The van der Waals surface area contributed by atoms with Gasteiger partial charge in [-0.15, -0.1) is 0 Å². The quantitative estimate of drug-likeness (QED) is 0.854. The lowest BCUT2D eigenvalue weighted by Crippen LogP contribution is -2.01. The third kappa shape index (κ3) is 3.34. The van der Waals surface area contributed by atoms with Crippen molar-refractivity contribution in [3.8, 4) is 6.01 Å². The highest BCUT2D eigenvalue weighted by molar-refractivity contribution is 6.42. The van der Waals surface area contributed by atoms with Gasteiger partial charge in [0.05, 0.1) is 10.0 Å². The summed E-state index contributed by atoms with van der Waals surface area (Å²) in [6.45, 7) is 4.17. The molecule has 94 valence electrons. The number of ether oxygens (including phenoxy) is 1. The maximum atomic E-state index is 5.93. The predicted molar refractivity (Wildman–Crippen MR) is 72.3 cm³/mol. The summed E-state index contributed by atoms with van der Waals surface area (Å²) in [5.41, 5.74) is 2.69. The molecule has 1 aromatic carbocycles. The van der Waals surface area contributed by atoms with Crippen LogP contribution in [0.3, 0.4) is 0 Å². The highest BCUT2D eigenvalue weighted by Crippen LogP contribution is 2.23. The molecule has 0 N–H and O–H groups in total. The monoisotopic (exact) mass is 282 g/mol. The van der Waals surface area contributed by atoms with Gasteiger partial charge >= 0.3 is 6.01 Å². The number of rotatable bonds is 3. The minimum Gasteiger partial charge on any atom is -0.459 e. The minimum atomic E-state index is 0.361. The minimum absolute atomic E-state index is 0.361. The first-order valence-electron chi connectivity index (χ1n) is 5.43. The van der Waals surface area contributed by atoms with Gasteiger partial charge in [-0.25, -0.2) is 9.97 Å². The van der Waals surface area contributed by atoms with Crippen LogP contribution in [0.15, 0.2) is 24.3 Å². The molecule has 0 fully saturated rings. The van der Waals surface area contributed by atoms with Gasteiger partial charge in [-0.05, 0) is 37.6 Å². The van der Waals surface area contributed by atoms with Gasteiger partial charge in [-0.1, -0.05) is 29.3 Å². The average molecular weight is 283 g/mol. The van der Waals surface area contributed by atoms with Crippen LogP contribution < -0.4 is 4.74 Å². The average Bonchev–Trinajstić information content (AvgIpc) is 2.29. The normalized spacial score (nSPS) is 10.4. The molecular formula is C13H12Cl2N2O. The molecule has 0 aliphatic rings. The van der Waals surface area contributed by atoms with Crippen LogP contribution >= 0.6 is 23.2 Å². The van der Waals surface area contributed by atoms with Crippen molar-refractivity contribution in [2.75, 3.05) is 0 Å². The van der Waals surface area contributed by atoms with Crippen molar-refractivity contribution in [1.82, 2.24) is 9.97 Å². The number of hydrogen-bond donors (Lipinski definition) is 0. The molecule has 0 amide bonds. The fourth-order valence-corrected chi connectivity index (χ4v) is 1.86. The van der Waals surface area contributed by atoms with Crippen molar-refractivity contribution in [3.05, 3.63) is 51.3 Å². The molecule has 0 saturated carbocycles. The van der Waals surface area contributed by atoms with Crippen LogP contribution in [0.2, 0.25) is 10.0 Å². The van der Waals surface area contributed by atoms with Crippen LogP contribution in [0, 0.1) is 13.8 Å². The Morgan fingerprint density at radius 1 is 1.00 bits per heavy atom. The Labute approximate surface area is 116 Å². The molecule has 0 bridgehead atoms. The Kier molecular flexibility index (Phi) is 4.04. The van der Waals surface area contributed by atoms with Gasteiger partial charge in [0.2, 0.25) is 0 Å². The number of aryl methyl sites for hydroxylation is 2. The second-order valence-corrected chi connectivity index (χ2v) is 4.78. The summed E-state index contributed by atoms with van der Waals surface area (Å²) in [6, 6.07) is 7.64. The first-order chi connectivity index (χ1) is 8.54. The zero-order chi connectivity index (χ0) is 13.1. The van der Waals surface area contributed by atoms with E-state index in [2.05, 4.69) is 9.97 Å². The topological polar surface area (TPSA) is 35.0 Å². The zero-order valence-corrected chi connectivity index (χ0v) is 11.6. The van der Waals surface area contributed by atoms with Gasteiger partial charge in [0, 0.05) is 11.4 Å². The van der Waals surface area contributed by atoms with E-state index in [-0.39, 0.29) is 0 Å². The molecule has 2 aromatic rings. The van der Waals surface area contributed by atoms with Gasteiger partial charge in [-0.3, -0.25) is 0 Å². The van der Waals surface area contributed by atoms with Crippen LogP contribution in [0.4, 0.5) is 0 Å². The van der Waals surface area contributed by atoms with Crippen LogP contribution in [0.5, 0.6) is 6.01 Å². The fourth-order valence-electron chi connectivity index (χ4n) is 1.54. The van der Waals surface area contributed by atoms with Crippen molar-refractivity contribution >= 4 is 23.2 Å². The summed E-state index contributed by atoms with van der Waals surface area (Å²) in [6.07, 6.45) is 0. The van der Waals surface area contributed by atoms with Crippen molar-refractivity contribution in [2.24, 2.45) is 0 Å². The Hall–Kier alpha value is -1.32. The number of benzene rings is 1. The van der Waals surface area contributed by atoms with Gasteiger partial charge in [0.25, 0.3) is 0 Å². The van der Waals surface area contributed by atoms with Gasteiger partial charge < -0.3 is 4.74 Å². The smallest absolute Gasteiger partial charge is 0.317 e. The Morgan fingerprint density at radius 3 is 2.28 bits per heavy atom. The number of hydrogen-bond acceptors (Lipinski definition) is 3. The first-order valence-corrected chi connectivity index (χ1v) is 6.19. The fraction of sp³-hybridized carbons (Fsp3) is 0.231. The maximum Gasteiger partial charge on any atom is 0.317 e. The maximum absolute atomic E-state index is 5.93. The molecule has 0 saturated heterocycles. The standard InChI is InChI=1S/C13H12Cl2N2O/c1-8-5-9(2)17-13(16-8)18-7-10-3-4-11(14)12(15)6-10/h3-6H,7H2,1-2H3. The summed E-state index contributed by atoms with van der Waals surface area (Å²) in [5.74, 6) is 0. The lowest BCUT2D eigenvalue weighted by atomic mass is 10.2. The summed E-state index contributed by atoms with van der Waals surface area (Å²) < 4.78 is 5.52. The van der Waals surface area contributed by atoms with Crippen LogP contribution in [0.25, 0.3) is 0 Å². The van der Waals surface area contributed by atoms with Crippen molar-refractivity contribution < 1.29 is 4.74 Å². The second kappa shape index (κ2) is 5.55. The highest BCUT2D eigenvalue weighted by atomic mass is 35.5. The number of halogens is 2. The van der Waals surface area contributed by atoms with Crippen molar-refractivity contribution in [3.63, 3.8) is 0 Å². The molecular weight excluding hydrogens is 271 g/mol. The van der Waals surface area contributed by atoms with E-state index >= 15 is 0 Å². The molecule has 0 atom stereocenters. The summed E-state index contributed by atoms with van der Waals surface area (Å²) in [7, 11) is 0. The second-order valence-electron chi connectivity index (χ2n) is 3.97. The number of aromatic nitrogens is 2. The van der Waals surface area contributed by atoms with E-state index < -0.39 is 0 Å². The molecule has 3 nitrogen and oxygen atoms in total. The SMILES string of the molecule is Cc1cc(C)nc(OCc2ccc(Cl)c(Cl)c2)n1. The van der Waals surface area contributed by atoms with E-state index in [0.717, 1.165) is 17.0 Å². The van der Waals surface area contributed by atoms with E-state index in [1.54, 1.807) is 12.1 Å². The molecule has 1 heterocycles. The largest absolute Gasteiger partial charge is 0.459 e. The Bertz CT molecular complexity index is 553. The predicted octanol–water partition coefficient (Wildman–Crippen LogP) is 3.98. The van der Waals surface area contributed by atoms with Gasteiger partial charge in [-0.2, -0.15) is 0 Å². The van der Waals surface area contributed by atoms with Gasteiger partial charge in [0.15, 0.2) is 0 Å². The van der Waals surface area contributed by atoms with E-state index in [1.165, 1.54) is 0 Å². The molecule has 0 unspecified atom stereocenters. The molecule has 1 aromatic heterocycles. The zero-order valence-electron chi connectivity index (χ0n) is 10.1. The van der Waals surface area contributed by atoms with Crippen LogP contribution in [0.1, 0.15) is 17.0 Å².